The van der Waals surface area contributed by atoms with Crippen LogP contribution in [0.1, 0.15) is 25.8 Å². The number of hydrogen-bond acceptors (Lipinski definition) is 2. The average Bonchev–Trinajstić information content (AvgIpc) is 2.74. The number of nitrogens with zero attached hydrogens (tertiary/aromatic N) is 1. The van der Waals surface area contributed by atoms with Crippen molar-refractivity contribution in [2.75, 3.05) is 6.54 Å². The van der Waals surface area contributed by atoms with Crippen molar-refractivity contribution < 1.29 is 27.8 Å². The van der Waals surface area contributed by atoms with Gasteiger partial charge in [0.15, 0.2) is 0 Å². The topological polar surface area (TPSA) is 63.4 Å². The first-order valence-electron chi connectivity index (χ1n) is 7.11. The molecule has 1 aliphatic rings. The van der Waals surface area contributed by atoms with Crippen LogP contribution in [0.5, 0.6) is 0 Å². The highest BCUT2D eigenvalue weighted by atomic mass is 19.4. The molecule has 2 rings (SSSR count). The Hall–Kier alpha value is -2.38. The highest BCUT2D eigenvalue weighted by Gasteiger charge is 2.72. The van der Waals surface area contributed by atoms with Crippen molar-refractivity contribution in [3.05, 3.63) is 35.9 Å². The Morgan fingerprint density at radius 1 is 1.30 bits per heavy atom. The molecule has 0 unspecified atom stereocenters. The number of amidine groups is 1. The molecule has 0 radical (unpaired) electrons. The Bertz CT molecular complexity index is 643. The van der Waals surface area contributed by atoms with E-state index in [2.05, 4.69) is 4.99 Å². The van der Waals surface area contributed by atoms with Gasteiger partial charge in [-0.15, -0.1) is 0 Å². The molecule has 1 aliphatic heterocycles. The van der Waals surface area contributed by atoms with E-state index in [-0.39, 0.29) is 12.4 Å². The number of halogens is 3. The van der Waals surface area contributed by atoms with E-state index < -0.39 is 23.7 Å². The third-order valence-corrected chi connectivity index (χ3v) is 3.42. The molecule has 1 heterocycles. The minimum Gasteiger partial charge on any atom is -0.298 e. The van der Waals surface area contributed by atoms with Crippen LogP contribution in [0.4, 0.5) is 13.2 Å². The van der Waals surface area contributed by atoms with Crippen LogP contribution < -0.4 is 10.3 Å². The Morgan fingerprint density at radius 3 is 2.39 bits per heavy atom. The number of rotatable bonds is 4. The van der Waals surface area contributed by atoms with E-state index in [0.717, 1.165) is 11.8 Å². The molecule has 0 saturated carbocycles. The third kappa shape index (κ3) is 2.93. The zero-order valence-electron chi connectivity index (χ0n) is 12.7. The minimum absolute atomic E-state index is 0.0310. The van der Waals surface area contributed by atoms with Crippen molar-refractivity contribution in [2.45, 2.75) is 32.1 Å². The molecule has 23 heavy (non-hydrogen) atoms. The summed E-state index contributed by atoms with van der Waals surface area (Å²) in [6, 6.07) is 8.22. The minimum atomic E-state index is -4.99. The Balaban J connectivity index is 2.61. The number of nitrogens with one attached hydrogen (secondary N) is 2. The maximum Gasteiger partial charge on any atom is 0.465 e. The molecule has 2 amide bonds. The monoisotopic (exact) mass is 328 g/mol. The Morgan fingerprint density at radius 2 is 1.91 bits per heavy atom. The standard InChI is InChI=1S/C15H16F3N3O2/c1-3-9-21-12(11-7-5-4-6-8-11)20-14(13(21)23,15(16,17)18)19-10(2)22/h4-8H,3,9H2,1-2H3,(H,19,22)/p+1/t14-/m0/s1. The van der Waals surface area contributed by atoms with E-state index in [1.165, 1.54) is 0 Å². The van der Waals surface area contributed by atoms with Crippen molar-refractivity contribution >= 4 is 17.6 Å². The fraction of sp³-hybridized carbons (Fsp3) is 0.400. The lowest BCUT2D eigenvalue weighted by Crippen LogP contribution is -2.96. The summed E-state index contributed by atoms with van der Waals surface area (Å²) < 4.78 is 40.8. The van der Waals surface area contributed by atoms with Gasteiger partial charge in [0.05, 0.1) is 12.1 Å². The molecule has 0 aliphatic carbocycles. The summed E-state index contributed by atoms with van der Waals surface area (Å²) in [6.07, 6.45) is -4.52. The Kier molecular flexibility index (Phi) is 4.44. The predicted molar refractivity (Wildman–Crippen MR) is 76.1 cm³/mol. The average molecular weight is 328 g/mol. The second-order valence-corrected chi connectivity index (χ2v) is 5.23. The van der Waals surface area contributed by atoms with E-state index in [4.69, 9.17) is 0 Å². The van der Waals surface area contributed by atoms with Crippen LogP contribution in [0.25, 0.3) is 0 Å². The van der Waals surface area contributed by atoms with Gasteiger partial charge in [0.25, 0.3) is 5.84 Å². The van der Waals surface area contributed by atoms with Crippen LogP contribution in [0.3, 0.4) is 0 Å². The van der Waals surface area contributed by atoms with Crippen molar-refractivity contribution in [1.82, 2.24) is 10.2 Å². The molecule has 0 saturated heterocycles. The van der Waals surface area contributed by atoms with Gasteiger partial charge in [-0.3, -0.25) is 10.1 Å². The summed E-state index contributed by atoms with van der Waals surface area (Å²) in [6.45, 7) is 2.79. The molecule has 1 atom stereocenters. The summed E-state index contributed by atoms with van der Waals surface area (Å²) in [5.41, 5.74) is -2.70. The van der Waals surface area contributed by atoms with Gasteiger partial charge >= 0.3 is 17.7 Å². The van der Waals surface area contributed by atoms with Gasteiger partial charge in [-0.25, -0.2) is 9.79 Å². The second-order valence-electron chi connectivity index (χ2n) is 5.23. The fourth-order valence-electron chi connectivity index (χ4n) is 2.48. The molecule has 1 aromatic rings. The van der Waals surface area contributed by atoms with E-state index in [9.17, 15) is 22.8 Å². The Labute approximate surface area is 131 Å². The SMILES string of the molecule is CCCN1C(=O)[C@@](NC(C)=O)(C(F)(F)F)[NH+]=C1c1ccccc1. The van der Waals surface area contributed by atoms with Gasteiger partial charge in [0.1, 0.15) is 0 Å². The summed E-state index contributed by atoms with van der Waals surface area (Å²) in [7, 11) is 0. The number of hydrogen-bond donors (Lipinski definition) is 2. The van der Waals surface area contributed by atoms with Crippen LogP contribution >= 0.6 is 0 Å². The van der Waals surface area contributed by atoms with E-state index in [1.54, 1.807) is 42.6 Å². The molecular formula is C15H17F3N3O2+. The van der Waals surface area contributed by atoms with Crippen molar-refractivity contribution in [3.8, 4) is 0 Å². The lowest BCUT2D eigenvalue weighted by molar-refractivity contribution is -0.581. The zero-order valence-corrected chi connectivity index (χ0v) is 12.7. The van der Waals surface area contributed by atoms with E-state index >= 15 is 0 Å². The van der Waals surface area contributed by atoms with Crippen LogP contribution in [0.2, 0.25) is 0 Å². The van der Waals surface area contributed by atoms with Crippen LogP contribution in [0.15, 0.2) is 30.3 Å². The molecule has 5 nitrogen and oxygen atoms in total. The maximum absolute atomic E-state index is 13.6. The second kappa shape index (κ2) is 6.02. The summed E-state index contributed by atoms with van der Waals surface area (Å²) in [4.78, 5) is 27.0. The van der Waals surface area contributed by atoms with Gasteiger partial charge in [-0.1, -0.05) is 25.1 Å². The molecule has 8 heteroatoms. The van der Waals surface area contributed by atoms with Crippen molar-refractivity contribution in [3.63, 3.8) is 0 Å². The molecule has 0 bridgehead atoms. The molecule has 2 N–H and O–H groups in total. The number of amides is 2. The lowest BCUT2D eigenvalue weighted by Gasteiger charge is -2.24. The predicted octanol–water partition coefficient (Wildman–Crippen LogP) is 0.161. The maximum atomic E-state index is 13.6. The molecule has 0 aromatic heterocycles. The highest BCUT2D eigenvalue weighted by molar-refractivity contribution is 6.11. The van der Waals surface area contributed by atoms with Crippen LogP contribution in [-0.2, 0) is 9.59 Å². The van der Waals surface area contributed by atoms with Crippen molar-refractivity contribution in [2.24, 2.45) is 0 Å². The van der Waals surface area contributed by atoms with Gasteiger partial charge in [0, 0.05) is 6.92 Å². The summed E-state index contributed by atoms with van der Waals surface area (Å²) >= 11 is 0. The largest absolute Gasteiger partial charge is 0.465 e. The third-order valence-electron chi connectivity index (χ3n) is 3.42. The zero-order chi connectivity index (χ0) is 17.3. The number of benzene rings is 1. The molecular weight excluding hydrogens is 311 g/mol. The first-order chi connectivity index (χ1) is 10.7. The quantitative estimate of drug-likeness (QED) is 0.827. The van der Waals surface area contributed by atoms with Gasteiger partial charge in [0.2, 0.25) is 5.91 Å². The molecule has 1 aromatic carbocycles. The normalized spacial score (nSPS) is 21.3. The molecule has 0 spiro atoms. The van der Waals surface area contributed by atoms with Crippen LogP contribution in [0, 0.1) is 0 Å². The fourth-order valence-corrected chi connectivity index (χ4v) is 2.48. The number of carbonyl (C=O) groups excluding carboxylic acids is 2. The lowest BCUT2D eigenvalue weighted by atomic mass is 10.1. The molecule has 124 valence electrons. The van der Waals surface area contributed by atoms with Crippen molar-refractivity contribution in [1.29, 1.82) is 0 Å². The van der Waals surface area contributed by atoms with Crippen LogP contribution in [-0.4, -0.2) is 40.9 Å². The van der Waals surface area contributed by atoms with E-state index in [0.29, 0.717) is 12.0 Å². The summed E-state index contributed by atoms with van der Waals surface area (Å²) in [5, 5.41) is 1.75. The molecule has 0 fully saturated rings. The summed E-state index contributed by atoms with van der Waals surface area (Å²) in [5.74, 6) is -2.15. The number of carbonyl (C=O) groups is 2. The highest BCUT2D eigenvalue weighted by Crippen LogP contribution is 2.29. The first kappa shape index (κ1) is 17.0. The van der Waals surface area contributed by atoms with Gasteiger partial charge in [-0.05, 0) is 18.6 Å². The van der Waals surface area contributed by atoms with E-state index in [1.807, 2.05) is 0 Å². The number of alkyl halides is 3. The van der Waals surface area contributed by atoms with Gasteiger partial charge < -0.3 is 0 Å². The first-order valence-corrected chi connectivity index (χ1v) is 7.11. The smallest absolute Gasteiger partial charge is 0.298 e. The van der Waals surface area contributed by atoms with Gasteiger partial charge in [-0.2, -0.15) is 18.1 Å².